The van der Waals surface area contributed by atoms with Gasteiger partial charge in [0, 0.05) is 23.9 Å². The number of ether oxygens (including phenoxy) is 2. The third kappa shape index (κ3) is 2.27. The van der Waals surface area contributed by atoms with Gasteiger partial charge in [-0.3, -0.25) is 0 Å². The number of thiophene rings is 1. The molecule has 0 unspecified atom stereocenters. The summed E-state index contributed by atoms with van der Waals surface area (Å²) in [6.45, 7) is 0.279. The van der Waals surface area contributed by atoms with E-state index in [0.29, 0.717) is 0 Å². The Bertz CT molecular complexity index is 780. The predicted molar refractivity (Wildman–Crippen MR) is 79.7 cm³/mol. The van der Waals surface area contributed by atoms with Crippen LogP contribution in [0.4, 0.5) is 0 Å². The van der Waals surface area contributed by atoms with Crippen LogP contribution in [0, 0.1) is 0 Å². The molecule has 3 aromatic rings. The number of rotatable bonds is 3. The van der Waals surface area contributed by atoms with Gasteiger partial charge in [0.2, 0.25) is 6.79 Å². The lowest BCUT2D eigenvalue weighted by molar-refractivity contribution is 0.174. The van der Waals surface area contributed by atoms with Crippen molar-refractivity contribution in [3.05, 3.63) is 46.4 Å². The van der Waals surface area contributed by atoms with Gasteiger partial charge >= 0.3 is 0 Å². The summed E-state index contributed by atoms with van der Waals surface area (Å²) in [6, 6.07) is 9.97. The Labute approximate surface area is 125 Å². The first-order chi connectivity index (χ1) is 10.3. The molecule has 2 aromatic heterocycles. The highest BCUT2D eigenvalue weighted by Gasteiger charge is 2.17. The van der Waals surface area contributed by atoms with Gasteiger partial charge in [0.1, 0.15) is 0 Å². The van der Waals surface area contributed by atoms with Crippen molar-refractivity contribution in [3.63, 3.8) is 0 Å². The SMILES string of the molecule is Cn1nc(Cc2cccs2)nc1-c1ccc2c(c1)OCO2. The number of benzene rings is 1. The first-order valence-electron chi connectivity index (χ1n) is 6.62. The van der Waals surface area contributed by atoms with Crippen LogP contribution in [0.25, 0.3) is 11.4 Å². The minimum absolute atomic E-state index is 0.279. The normalized spacial score (nSPS) is 12.8. The standard InChI is InChI=1S/C15H13N3O2S/c1-18-15(10-4-5-12-13(7-10)20-9-19-12)16-14(17-18)8-11-3-2-6-21-11/h2-7H,8-9H2,1H3. The molecular weight excluding hydrogens is 286 g/mol. The van der Waals surface area contributed by atoms with E-state index in [1.165, 1.54) is 4.88 Å². The molecule has 1 aliphatic heterocycles. The summed E-state index contributed by atoms with van der Waals surface area (Å²) in [5.41, 5.74) is 0.978. The smallest absolute Gasteiger partial charge is 0.231 e. The van der Waals surface area contributed by atoms with Crippen molar-refractivity contribution in [1.82, 2.24) is 14.8 Å². The highest BCUT2D eigenvalue weighted by Crippen LogP contribution is 2.35. The Hall–Kier alpha value is -2.34. The van der Waals surface area contributed by atoms with Crippen molar-refractivity contribution in [3.8, 4) is 22.9 Å². The maximum absolute atomic E-state index is 5.41. The van der Waals surface area contributed by atoms with E-state index in [1.807, 2.05) is 31.3 Å². The monoisotopic (exact) mass is 299 g/mol. The predicted octanol–water partition coefficient (Wildman–Crippen LogP) is 2.86. The van der Waals surface area contributed by atoms with E-state index >= 15 is 0 Å². The van der Waals surface area contributed by atoms with Gasteiger partial charge in [-0.15, -0.1) is 11.3 Å². The number of aryl methyl sites for hydroxylation is 1. The van der Waals surface area contributed by atoms with Crippen molar-refractivity contribution in [1.29, 1.82) is 0 Å². The highest BCUT2D eigenvalue weighted by molar-refractivity contribution is 7.09. The molecule has 1 aliphatic rings. The maximum atomic E-state index is 5.41. The second kappa shape index (κ2) is 4.89. The van der Waals surface area contributed by atoms with Crippen LogP contribution in [-0.2, 0) is 13.5 Å². The molecule has 0 fully saturated rings. The summed E-state index contributed by atoms with van der Waals surface area (Å²) in [4.78, 5) is 5.90. The zero-order valence-corrected chi connectivity index (χ0v) is 12.3. The van der Waals surface area contributed by atoms with E-state index in [9.17, 15) is 0 Å². The maximum Gasteiger partial charge on any atom is 0.231 e. The average molecular weight is 299 g/mol. The Balaban J connectivity index is 1.67. The van der Waals surface area contributed by atoms with Crippen LogP contribution < -0.4 is 9.47 Å². The van der Waals surface area contributed by atoms with Gasteiger partial charge in [0.15, 0.2) is 23.1 Å². The molecule has 0 spiro atoms. The molecule has 0 N–H and O–H groups in total. The fourth-order valence-corrected chi connectivity index (χ4v) is 3.07. The third-order valence-corrected chi connectivity index (χ3v) is 4.23. The highest BCUT2D eigenvalue weighted by atomic mass is 32.1. The second-order valence-electron chi connectivity index (χ2n) is 4.80. The molecule has 6 heteroatoms. The van der Waals surface area contributed by atoms with Crippen LogP contribution in [0.2, 0.25) is 0 Å². The summed E-state index contributed by atoms with van der Waals surface area (Å²) in [5, 5.41) is 6.56. The molecule has 0 aliphatic carbocycles. The van der Waals surface area contributed by atoms with Gasteiger partial charge in [-0.1, -0.05) is 6.07 Å². The van der Waals surface area contributed by atoms with Crippen LogP contribution in [0.1, 0.15) is 10.7 Å². The molecule has 0 bridgehead atoms. The van der Waals surface area contributed by atoms with E-state index in [-0.39, 0.29) is 6.79 Å². The molecule has 1 aromatic carbocycles. The van der Waals surface area contributed by atoms with Gasteiger partial charge in [-0.2, -0.15) is 5.10 Å². The van der Waals surface area contributed by atoms with Crippen LogP contribution in [0.5, 0.6) is 11.5 Å². The Morgan fingerprint density at radius 1 is 1.24 bits per heavy atom. The quantitative estimate of drug-likeness (QED) is 0.746. The van der Waals surface area contributed by atoms with Gasteiger partial charge in [-0.05, 0) is 29.6 Å². The number of nitrogens with zero attached hydrogens (tertiary/aromatic N) is 3. The zero-order chi connectivity index (χ0) is 14.2. The Kier molecular flexibility index (Phi) is 2.89. The lowest BCUT2D eigenvalue weighted by Gasteiger charge is -2.01. The average Bonchev–Trinajstić information content (AvgIpc) is 3.19. The number of fused-ring (bicyclic) bond motifs is 1. The first kappa shape index (κ1) is 12.4. The third-order valence-electron chi connectivity index (χ3n) is 3.35. The molecule has 0 atom stereocenters. The Morgan fingerprint density at radius 3 is 3.00 bits per heavy atom. The van der Waals surface area contributed by atoms with E-state index in [4.69, 9.17) is 9.47 Å². The van der Waals surface area contributed by atoms with Crippen molar-refractivity contribution in [2.75, 3.05) is 6.79 Å². The first-order valence-corrected chi connectivity index (χ1v) is 7.50. The van der Waals surface area contributed by atoms with E-state index in [2.05, 4.69) is 21.5 Å². The van der Waals surface area contributed by atoms with Crippen LogP contribution >= 0.6 is 11.3 Å². The zero-order valence-electron chi connectivity index (χ0n) is 11.4. The van der Waals surface area contributed by atoms with Crippen LogP contribution in [0.3, 0.4) is 0 Å². The lowest BCUT2D eigenvalue weighted by Crippen LogP contribution is -1.95. The molecule has 5 nitrogen and oxygen atoms in total. The number of hydrogen-bond donors (Lipinski definition) is 0. The minimum atomic E-state index is 0.279. The molecule has 0 amide bonds. The van der Waals surface area contributed by atoms with E-state index < -0.39 is 0 Å². The van der Waals surface area contributed by atoms with Crippen molar-refractivity contribution >= 4 is 11.3 Å². The number of hydrogen-bond acceptors (Lipinski definition) is 5. The van der Waals surface area contributed by atoms with Crippen molar-refractivity contribution in [2.45, 2.75) is 6.42 Å². The molecule has 0 saturated heterocycles. The fourth-order valence-electron chi connectivity index (χ4n) is 2.37. The minimum Gasteiger partial charge on any atom is -0.454 e. The van der Waals surface area contributed by atoms with Crippen LogP contribution in [-0.4, -0.2) is 21.6 Å². The molecule has 21 heavy (non-hydrogen) atoms. The molecule has 3 heterocycles. The molecule has 0 saturated carbocycles. The van der Waals surface area contributed by atoms with E-state index in [1.54, 1.807) is 16.0 Å². The van der Waals surface area contributed by atoms with E-state index in [0.717, 1.165) is 35.1 Å². The lowest BCUT2D eigenvalue weighted by atomic mass is 10.2. The van der Waals surface area contributed by atoms with Crippen molar-refractivity contribution in [2.24, 2.45) is 7.05 Å². The summed E-state index contributed by atoms with van der Waals surface area (Å²) in [6.07, 6.45) is 0.760. The van der Waals surface area contributed by atoms with Crippen LogP contribution in [0.15, 0.2) is 35.7 Å². The largest absolute Gasteiger partial charge is 0.454 e. The molecule has 4 rings (SSSR count). The van der Waals surface area contributed by atoms with Crippen molar-refractivity contribution < 1.29 is 9.47 Å². The summed E-state index contributed by atoms with van der Waals surface area (Å²) >= 11 is 1.72. The topological polar surface area (TPSA) is 49.2 Å². The fraction of sp³-hybridized carbons (Fsp3) is 0.200. The summed E-state index contributed by atoms with van der Waals surface area (Å²) < 4.78 is 12.6. The molecule has 106 valence electrons. The molecule has 0 radical (unpaired) electrons. The second-order valence-corrected chi connectivity index (χ2v) is 5.83. The Morgan fingerprint density at radius 2 is 2.14 bits per heavy atom. The molecular formula is C15H13N3O2S. The summed E-state index contributed by atoms with van der Waals surface area (Å²) in [5.74, 6) is 3.20. The number of aromatic nitrogens is 3. The van der Waals surface area contributed by atoms with Gasteiger partial charge in [0.05, 0.1) is 0 Å². The van der Waals surface area contributed by atoms with Gasteiger partial charge < -0.3 is 9.47 Å². The summed E-state index contributed by atoms with van der Waals surface area (Å²) in [7, 11) is 1.91. The van der Waals surface area contributed by atoms with Gasteiger partial charge in [-0.25, -0.2) is 9.67 Å². The van der Waals surface area contributed by atoms with Gasteiger partial charge in [0.25, 0.3) is 0 Å².